The van der Waals surface area contributed by atoms with E-state index in [1.54, 1.807) is 0 Å². The number of nitrogens with one attached hydrogen (secondary N) is 2. The third-order valence-electron chi connectivity index (χ3n) is 2.58. The number of aromatic carboxylic acids is 1. The second-order valence-corrected chi connectivity index (χ2v) is 4.12. The molecular formula is C14H11FN2O4. The van der Waals surface area contributed by atoms with E-state index in [4.69, 9.17) is 5.11 Å². The number of benzene rings is 2. The van der Waals surface area contributed by atoms with Crippen LogP contribution in [-0.2, 0) is 0 Å². The van der Waals surface area contributed by atoms with Crippen LogP contribution in [0.4, 0.5) is 20.6 Å². The summed E-state index contributed by atoms with van der Waals surface area (Å²) < 4.78 is 12.7. The van der Waals surface area contributed by atoms with Gasteiger partial charge in [-0.15, -0.1) is 0 Å². The summed E-state index contributed by atoms with van der Waals surface area (Å²) in [4.78, 5) is 22.8. The minimum Gasteiger partial charge on any atom is -0.508 e. The van der Waals surface area contributed by atoms with Crippen molar-refractivity contribution < 1.29 is 24.2 Å². The Labute approximate surface area is 118 Å². The summed E-state index contributed by atoms with van der Waals surface area (Å²) in [5, 5.41) is 23.0. The Hall–Kier alpha value is -3.09. The fourth-order valence-corrected chi connectivity index (χ4v) is 1.64. The van der Waals surface area contributed by atoms with Gasteiger partial charge in [0.25, 0.3) is 0 Å². The third-order valence-corrected chi connectivity index (χ3v) is 2.58. The molecule has 0 atom stereocenters. The van der Waals surface area contributed by atoms with Crippen molar-refractivity contribution in [3.05, 3.63) is 53.8 Å². The van der Waals surface area contributed by atoms with E-state index in [0.29, 0.717) is 5.69 Å². The molecule has 0 saturated carbocycles. The van der Waals surface area contributed by atoms with Crippen LogP contribution in [0.2, 0.25) is 0 Å². The van der Waals surface area contributed by atoms with Crippen LogP contribution < -0.4 is 10.6 Å². The zero-order valence-electron chi connectivity index (χ0n) is 10.6. The molecular weight excluding hydrogens is 279 g/mol. The zero-order valence-corrected chi connectivity index (χ0v) is 10.6. The van der Waals surface area contributed by atoms with E-state index in [2.05, 4.69) is 10.6 Å². The molecule has 108 valence electrons. The van der Waals surface area contributed by atoms with Gasteiger partial charge in [-0.3, -0.25) is 0 Å². The standard InChI is InChI=1S/C14H11FN2O4/c15-8-1-3-9(4-2-8)16-14(21)17-12-6-5-10(18)7-11(12)13(19)20/h1-7,18H,(H,19,20)(H2,16,17,21). The number of hydrogen-bond donors (Lipinski definition) is 4. The molecule has 0 aliphatic carbocycles. The lowest BCUT2D eigenvalue weighted by molar-refractivity contribution is 0.0697. The number of amides is 2. The number of halogens is 1. The van der Waals surface area contributed by atoms with Gasteiger partial charge in [0.15, 0.2) is 0 Å². The number of anilines is 2. The minimum atomic E-state index is -1.29. The Morgan fingerprint density at radius 1 is 1.00 bits per heavy atom. The van der Waals surface area contributed by atoms with Gasteiger partial charge in [0, 0.05) is 5.69 Å². The van der Waals surface area contributed by atoms with Crippen molar-refractivity contribution in [3.8, 4) is 5.75 Å². The highest BCUT2D eigenvalue weighted by Gasteiger charge is 2.13. The Morgan fingerprint density at radius 3 is 2.29 bits per heavy atom. The maximum atomic E-state index is 12.7. The average Bonchev–Trinajstić information content (AvgIpc) is 2.43. The van der Waals surface area contributed by atoms with Gasteiger partial charge < -0.3 is 20.8 Å². The van der Waals surface area contributed by atoms with Crippen molar-refractivity contribution in [2.45, 2.75) is 0 Å². The highest BCUT2D eigenvalue weighted by Crippen LogP contribution is 2.21. The van der Waals surface area contributed by atoms with Gasteiger partial charge in [-0.05, 0) is 42.5 Å². The van der Waals surface area contributed by atoms with Crippen molar-refractivity contribution >= 4 is 23.4 Å². The van der Waals surface area contributed by atoms with Gasteiger partial charge >= 0.3 is 12.0 Å². The van der Waals surface area contributed by atoms with Gasteiger partial charge in [-0.1, -0.05) is 0 Å². The highest BCUT2D eigenvalue weighted by molar-refractivity contribution is 6.04. The largest absolute Gasteiger partial charge is 0.508 e. The maximum absolute atomic E-state index is 12.7. The van der Waals surface area contributed by atoms with Crippen LogP contribution in [-0.4, -0.2) is 22.2 Å². The molecule has 0 heterocycles. The van der Waals surface area contributed by atoms with Gasteiger partial charge in [0.1, 0.15) is 11.6 Å². The van der Waals surface area contributed by atoms with Crippen molar-refractivity contribution in [1.82, 2.24) is 0 Å². The molecule has 2 aromatic carbocycles. The van der Waals surface area contributed by atoms with Crippen LogP contribution in [0.3, 0.4) is 0 Å². The Morgan fingerprint density at radius 2 is 1.67 bits per heavy atom. The van der Waals surface area contributed by atoms with Crippen LogP contribution in [0.5, 0.6) is 5.75 Å². The topological polar surface area (TPSA) is 98.7 Å². The molecule has 0 saturated heterocycles. The molecule has 2 aromatic rings. The fraction of sp³-hybridized carbons (Fsp3) is 0. The van der Waals surface area contributed by atoms with Gasteiger partial charge in [0.05, 0.1) is 11.3 Å². The van der Waals surface area contributed by atoms with E-state index >= 15 is 0 Å². The number of carboxylic acid groups (broad SMARTS) is 1. The smallest absolute Gasteiger partial charge is 0.337 e. The lowest BCUT2D eigenvalue weighted by Crippen LogP contribution is -2.21. The van der Waals surface area contributed by atoms with Crippen LogP contribution in [0.1, 0.15) is 10.4 Å². The van der Waals surface area contributed by atoms with Crippen molar-refractivity contribution in [3.63, 3.8) is 0 Å². The van der Waals surface area contributed by atoms with Crippen LogP contribution >= 0.6 is 0 Å². The molecule has 2 rings (SSSR count). The summed E-state index contributed by atoms with van der Waals surface area (Å²) in [6, 6.07) is 7.94. The van der Waals surface area contributed by atoms with E-state index in [1.165, 1.54) is 36.4 Å². The van der Waals surface area contributed by atoms with E-state index in [-0.39, 0.29) is 17.0 Å². The number of phenols is 1. The molecule has 4 N–H and O–H groups in total. The second kappa shape index (κ2) is 5.91. The number of urea groups is 1. The molecule has 0 fully saturated rings. The molecule has 0 aliphatic heterocycles. The lowest BCUT2D eigenvalue weighted by Gasteiger charge is -2.10. The van der Waals surface area contributed by atoms with E-state index in [1.807, 2.05) is 0 Å². The number of phenolic OH excluding ortho intramolecular Hbond substituents is 1. The molecule has 2 amide bonds. The number of carbonyl (C=O) groups excluding carboxylic acids is 1. The van der Waals surface area contributed by atoms with Crippen LogP contribution in [0.25, 0.3) is 0 Å². The minimum absolute atomic E-state index is 0.0277. The molecule has 21 heavy (non-hydrogen) atoms. The molecule has 0 bridgehead atoms. The first-order valence-electron chi connectivity index (χ1n) is 5.85. The van der Waals surface area contributed by atoms with E-state index < -0.39 is 17.8 Å². The predicted molar refractivity (Wildman–Crippen MR) is 74.1 cm³/mol. The zero-order chi connectivity index (χ0) is 15.4. The first kappa shape index (κ1) is 14.3. The summed E-state index contributed by atoms with van der Waals surface area (Å²) >= 11 is 0. The molecule has 7 heteroatoms. The van der Waals surface area contributed by atoms with Crippen molar-refractivity contribution in [2.24, 2.45) is 0 Å². The second-order valence-electron chi connectivity index (χ2n) is 4.12. The van der Waals surface area contributed by atoms with E-state index in [9.17, 15) is 19.1 Å². The number of carboxylic acids is 1. The van der Waals surface area contributed by atoms with Gasteiger partial charge in [0.2, 0.25) is 0 Å². The number of aromatic hydroxyl groups is 1. The summed E-state index contributed by atoms with van der Waals surface area (Å²) in [7, 11) is 0. The molecule has 0 spiro atoms. The molecule has 0 aliphatic rings. The third kappa shape index (κ3) is 3.69. The molecule has 6 nitrogen and oxygen atoms in total. The normalized spacial score (nSPS) is 9.95. The number of hydrogen-bond acceptors (Lipinski definition) is 3. The lowest BCUT2D eigenvalue weighted by atomic mass is 10.1. The van der Waals surface area contributed by atoms with Crippen LogP contribution in [0.15, 0.2) is 42.5 Å². The monoisotopic (exact) mass is 290 g/mol. The van der Waals surface area contributed by atoms with Crippen molar-refractivity contribution in [2.75, 3.05) is 10.6 Å². The Kier molecular flexibility index (Phi) is 4.03. The SMILES string of the molecule is O=C(Nc1ccc(F)cc1)Nc1ccc(O)cc1C(=O)O. The molecule has 0 unspecified atom stereocenters. The summed E-state index contributed by atoms with van der Waals surface area (Å²) in [6.07, 6.45) is 0. The number of carbonyl (C=O) groups is 2. The van der Waals surface area contributed by atoms with Gasteiger partial charge in [-0.25, -0.2) is 14.0 Å². The average molecular weight is 290 g/mol. The quantitative estimate of drug-likeness (QED) is 0.653. The summed E-state index contributed by atoms with van der Waals surface area (Å²) in [6.45, 7) is 0. The summed E-state index contributed by atoms with van der Waals surface area (Å²) in [5.41, 5.74) is 0.133. The Bertz CT molecular complexity index is 686. The molecule has 0 aromatic heterocycles. The van der Waals surface area contributed by atoms with Gasteiger partial charge in [-0.2, -0.15) is 0 Å². The van der Waals surface area contributed by atoms with Crippen molar-refractivity contribution in [1.29, 1.82) is 0 Å². The van der Waals surface area contributed by atoms with Crippen LogP contribution in [0, 0.1) is 5.82 Å². The number of rotatable bonds is 3. The maximum Gasteiger partial charge on any atom is 0.337 e. The predicted octanol–water partition coefficient (Wildman–Crippen LogP) is 2.87. The van der Waals surface area contributed by atoms with E-state index in [0.717, 1.165) is 6.07 Å². The highest BCUT2D eigenvalue weighted by atomic mass is 19.1. The molecule has 0 radical (unpaired) electrons. The fourth-order valence-electron chi connectivity index (χ4n) is 1.64. The first-order chi connectivity index (χ1) is 9.95. The summed E-state index contributed by atoms with van der Waals surface area (Å²) in [5.74, 6) is -1.95. The first-order valence-corrected chi connectivity index (χ1v) is 5.85. The Balaban J connectivity index is 2.12.